The fourth-order valence-corrected chi connectivity index (χ4v) is 2.37. The molecule has 27 heavy (non-hydrogen) atoms. The number of hydrogen-bond acceptors (Lipinski definition) is 9. The van der Waals surface area contributed by atoms with Gasteiger partial charge in [-0.2, -0.15) is 0 Å². The zero-order valence-corrected chi connectivity index (χ0v) is 15.6. The third-order valence-corrected chi connectivity index (χ3v) is 4.01. The van der Waals surface area contributed by atoms with E-state index in [2.05, 4.69) is 13.2 Å². The molecule has 0 aromatic rings. The predicted octanol–water partition coefficient (Wildman–Crippen LogP) is 0.725. The predicted molar refractivity (Wildman–Crippen MR) is 91.6 cm³/mol. The highest BCUT2D eigenvalue weighted by Gasteiger charge is 2.55. The number of ether oxygens (including phenoxy) is 7. The Labute approximate surface area is 158 Å². The van der Waals surface area contributed by atoms with E-state index in [0.717, 1.165) is 12.2 Å². The van der Waals surface area contributed by atoms with Gasteiger partial charge in [0, 0.05) is 12.2 Å². The average molecular weight is 386 g/mol. The number of esters is 2. The summed E-state index contributed by atoms with van der Waals surface area (Å²) in [6, 6.07) is 0. The van der Waals surface area contributed by atoms with Gasteiger partial charge in [0.1, 0.15) is 25.4 Å². The topological polar surface area (TPSA) is 105 Å². The van der Waals surface area contributed by atoms with Gasteiger partial charge in [0.25, 0.3) is 0 Å². The Balaban J connectivity index is 1.87. The molecule has 2 aliphatic rings. The van der Waals surface area contributed by atoms with Gasteiger partial charge in [-0.05, 0) is 13.8 Å². The van der Waals surface area contributed by atoms with Crippen LogP contribution in [0.5, 0.6) is 0 Å². The first-order valence-corrected chi connectivity index (χ1v) is 8.62. The van der Waals surface area contributed by atoms with E-state index >= 15 is 0 Å². The molecule has 4 unspecified atom stereocenters. The summed E-state index contributed by atoms with van der Waals surface area (Å²) in [7, 11) is 0. The summed E-state index contributed by atoms with van der Waals surface area (Å²) in [5, 5.41) is 0. The molecule has 2 rings (SSSR count). The van der Waals surface area contributed by atoms with Crippen molar-refractivity contribution in [3.63, 3.8) is 0 Å². The maximum absolute atomic E-state index is 11.1. The number of hydrogen-bond donors (Lipinski definition) is 0. The van der Waals surface area contributed by atoms with E-state index in [-0.39, 0.29) is 38.6 Å². The molecule has 9 heteroatoms. The highest BCUT2D eigenvalue weighted by atomic mass is 16.8. The van der Waals surface area contributed by atoms with Gasteiger partial charge < -0.3 is 33.2 Å². The van der Waals surface area contributed by atoms with Crippen LogP contribution in [0.4, 0.5) is 0 Å². The smallest absolute Gasteiger partial charge is 0.330 e. The van der Waals surface area contributed by atoms with Crippen molar-refractivity contribution in [2.24, 2.45) is 0 Å². The van der Waals surface area contributed by atoms with Crippen molar-refractivity contribution in [3.8, 4) is 0 Å². The Bertz CT molecular complexity index is 507. The zero-order chi connectivity index (χ0) is 19.9. The second-order valence-corrected chi connectivity index (χ2v) is 6.22. The quantitative estimate of drug-likeness (QED) is 0.140. The number of carbonyl (C=O) groups is 2. The normalized spacial score (nSPS) is 24.8. The first-order chi connectivity index (χ1) is 12.8. The van der Waals surface area contributed by atoms with E-state index in [1.807, 2.05) is 0 Å². The van der Waals surface area contributed by atoms with Crippen LogP contribution in [0.3, 0.4) is 0 Å². The third-order valence-electron chi connectivity index (χ3n) is 4.01. The van der Waals surface area contributed by atoms with Crippen LogP contribution < -0.4 is 0 Å². The molecule has 2 heterocycles. The summed E-state index contributed by atoms with van der Waals surface area (Å²) >= 11 is 0. The minimum atomic E-state index is -1.13. The van der Waals surface area contributed by atoms with E-state index in [0.29, 0.717) is 13.2 Å². The maximum atomic E-state index is 11.1. The summed E-state index contributed by atoms with van der Waals surface area (Å²) in [5.41, 5.74) is 0. The number of carbonyl (C=O) groups excluding carboxylic acids is 2. The molecule has 4 atom stereocenters. The molecule has 2 saturated heterocycles. The van der Waals surface area contributed by atoms with Crippen LogP contribution in [-0.4, -0.2) is 75.4 Å². The molecule has 0 aromatic heterocycles. The fourth-order valence-electron chi connectivity index (χ4n) is 2.37. The Kier molecular flexibility index (Phi) is 7.51. The van der Waals surface area contributed by atoms with Gasteiger partial charge in [-0.25, -0.2) is 9.59 Å². The van der Waals surface area contributed by atoms with Crippen molar-refractivity contribution < 1.29 is 42.7 Å². The molecule has 0 N–H and O–H groups in total. The summed E-state index contributed by atoms with van der Waals surface area (Å²) in [4.78, 5) is 22.2. The first-order valence-electron chi connectivity index (χ1n) is 8.62. The van der Waals surface area contributed by atoms with Gasteiger partial charge in [-0.3, -0.25) is 0 Å². The zero-order valence-electron chi connectivity index (χ0n) is 15.6. The van der Waals surface area contributed by atoms with Gasteiger partial charge in [0.15, 0.2) is 11.6 Å². The van der Waals surface area contributed by atoms with Crippen LogP contribution in [0.15, 0.2) is 25.3 Å². The monoisotopic (exact) mass is 386 g/mol. The van der Waals surface area contributed by atoms with E-state index in [1.54, 1.807) is 13.8 Å². The van der Waals surface area contributed by atoms with Crippen molar-refractivity contribution in [1.82, 2.24) is 0 Å². The maximum Gasteiger partial charge on any atom is 0.330 e. The molecule has 0 bridgehead atoms. The molecule has 0 amide bonds. The molecule has 152 valence electrons. The second-order valence-electron chi connectivity index (χ2n) is 6.22. The van der Waals surface area contributed by atoms with Crippen LogP contribution in [0.1, 0.15) is 13.8 Å². The minimum Gasteiger partial charge on any atom is -0.460 e. The Morgan fingerprint density at radius 3 is 1.56 bits per heavy atom. The summed E-state index contributed by atoms with van der Waals surface area (Å²) in [6.07, 6.45) is 1.59. The molecule has 2 aliphatic heterocycles. The Hall–Kier alpha value is -1.78. The molecule has 0 spiro atoms. The van der Waals surface area contributed by atoms with Crippen LogP contribution in [0, 0.1) is 0 Å². The van der Waals surface area contributed by atoms with Crippen LogP contribution in [0.25, 0.3) is 0 Å². The van der Waals surface area contributed by atoms with Crippen molar-refractivity contribution >= 4 is 11.9 Å². The molecule has 2 fully saturated rings. The molecule has 0 saturated carbocycles. The standard InChI is InChI=1S/C18H26O9/c1-5-15(19)21-7-9-25-17(3,13-11-23-13)27-18(4,14-12-24-14)26-10-8-22-16(20)6-2/h5-6,13-14H,1-2,7-12H2,3-4H3. The summed E-state index contributed by atoms with van der Waals surface area (Å²) < 4.78 is 38.2. The first kappa shape index (κ1) is 21.5. The van der Waals surface area contributed by atoms with E-state index in [4.69, 9.17) is 33.2 Å². The van der Waals surface area contributed by atoms with Crippen LogP contribution >= 0.6 is 0 Å². The highest BCUT2D eigenvalue weighted by Crippen LogP contribution is 2.38. The SMILES string of the molecule is C=CC(=O)OCCOC(C)(OC(C)(OCCOC(=O)C=C)C1CO1)C1CO1. The molecule has 9 nitrogen and oxygen atoms in total. The lowest BCUT2D eigenvalue weighted by Crippen LogP contribution is -2.51. The summed E-state index contributed by atoms with van der Waals surface area (Å²) in [6.45, 7) is 11.4. The molecule has 0 aliphatic carbocycles. The van der Waals surface area contributed by atoms with Gasteiger partial charge >= 0.3 is 11.9 Å². The second kappa shape index (κ2) is 9.43. The van der Waals surface area contributed by atoms with Crippen LogP contribution in [0.2, 0.25) is 0 Å². The van der Waals surface area contributed by atoms with E-state index in [1.165, 1.54) is 0 Å². The van der Waals surface area contributed by atoms with E-state index < -0.39 is 23.5 Å². The van der Waals surface area contributed by atoms with Crippen LogP contribution in [-0.2, 0) is 42.7 Å². The van der Waals surface area contributed by atoms with Crippen molar-refractivity contribution in [3.05, 3.63) is 25.3 Å². The Morgan fingerprint density at radius 1 is 0.889 bits per heavy atom. The number of rotatable bonds is 14. The average Bonchev–Trinajstić information content (AvgIpc) is 3.51. The van der Waals surface area contributed by atoms with E-state index in [9.17, 15) is 9.59 Å². The molecular weight excluding hydrogens is 360 g/mol. The van der Waals surface area contributed by atoms with Crippen molar-refractivity contribution in [2.75, 3.05) is 39.6 Å². The molecule has 0 radical (unpaired) electrons. The Morgan fingerprint density at radius 2 is 1.26 bits per heavy atom. The highest BCUT2D eigenvalue weighted by molar-refractivity contribution is 5.81. The fraction of sp³-hybridized carbons (Fsp3) is 0.667. The van der Waals surface area contributed by atoms with Crippen molar-refractivity contribution in [1.29, 1.82) is 0 Å². The summed E-state index contributed by atoms with van der Waals surface area (Å²) in [5.74, 6) is -3.31. The van der Waals surface area contributed by atoms with Gasteiger partial charge in [0.2, 0.25) is 0 Å². The van der Waals surface area contributed by atoms with Gasteiger partial charge in [-0.15, -0.1) is 0 Å². The lowest BCUT2D eigenvalue weighted by atomic mass is 10.2. The number of epoxide rings is 2. The lowest BCUT2D eigenvalue weighted by Gasteiger charge is -2.38. The van der Waals surface area contributed by atoms with Crippen molar-refractivity contribution in [2.45, 2.75) is 37.6 Å². The third kappa shape index (κ3) is 6.71. The van der Waals surface area contributed by atoms with Gasteiger partial charge in [0.05, 0.1) is 26.4 Å². The van der Waals surface area contributed by atoms with Gasteiger partial charge in [-0.1, -0.05) is 13.2 Å². The largest absolute Gasteiger partial charge is 0.460 e. The molecule has 0 aromatic carbocycles. The lowest BCUT2D eigenvalue weighted by molar-refractivity contribution is -0.359. The minimum absolute atomic E-state index is 0.0472. The molecular formula is C18H26O9.